The van der Waals surface area contributed by atoms with Crippen LogP contribution in [0.1, 0.15) is 149 Å². The first kappa shape index (κ1) is 45.7. The molecule has 0 saturated heterocycles. The van der Waals surface area contributed by atoms with Crippen molar-refractivity contribution in [3.63, 3.8) is 0 Å². The molecule has 0 saturated carbocycles. The summed E-state index contributed by atoms with van der Waals surface area (Å²) in [5.74, 6) is 0.305. The molecule has 0 aliphatic rings. The second kappa shape index (κ2) is 23.2. The average molecular weight is 721 g/mol. The van der Waals surface area contributed by atoms with Crippen molar-refractivity contribution in [2.45, 2.75) is 186 Å². The summed E-state index contributed by atoms with van der Waals surface area (Å²) in [5.41, 5.74) is 0. The third-order valence-corrected chi connectivity index (χ3v) is 18.7. The van der Waals surface area contributed by atoms with Gasteiger partial charge in [-0.3, -0.25) is 0 Å². The van der Waals surface area contributed by atoms with Crippen LogP contribution in [0.25, 0.3) is 0 Å². The van der Waals surface area contributed by atoms with E-state index in [1.807, 2.05) is 41.5 Å². The molecule has 0 heterocycles. The first-order chi connectivity index (χ1) is 21.0. The molecule has 0 fully saturated rings. The predicted octanol–water partition coefficient (Wildman–Crippen LogP) is 8.94. The molecule has 10 nitrogen and oxygen atoms in total. The predicted molar refractivity (Wildman–Crippen MR) is 180 cm³/mol. The molecule has 0 bridgehead atoms. The van der Waals surface area contributed by atoms with Crippen LogP contribution in [0, 0.1) is 11.8 Å². The van der Waals surface area contributed by atoms with Gasteiger partial charge < -0.3 is 0 Å². The van der Waals surface area contributed by atoms with E-state index in [1.165, 1.54) is 0 Å². The molecule has 6 atom stereocenters. The average Bonchev–Trinajstić information content (AvgIpc) is 2.98. The molecule has 0 aromatic heterocycles. The third-order valence-electron chi connectivity index (χ3n) is 7.21. The van der Waals surface area contributed by atoms with E-state index in [0.717, 1.165) is 38.5 Å². The summed E-state index contributed by atoms with van der Waals surface area (Å²) in [7, 11) is -8.02. The molecular formula is C32H72O10Si2Ti. The Kier molecular flexibility index (Phi) is 23.6. The van der Waals surface area contributed by atoms with Gasteiger partial charge >= 0.3 is 286 Å². The topological polar surface area (TPSA) is 92.3 Å². The first-order valence-electron chi connectivity index (χ1n) is 17.7. The summed E-state index contributed by atoms with van der Waals surface area (Å²) >= 11 is -5.03. The summed E-state index contributed by atoms with van der Waals surface area (Å²) < 4.78 is 67.9. The van der Waals surface area contributed by atoms with Crippen molar-refractivity contribution in [3.8, 4) is 0 Å². The Morgan fingerprint density at radius 2 is 0.578 bits per heavy atom. The molecule has 0 aliphatic heterocycles. The summed E-state index contributed by atoms with van der Waals surface area (Å²) in [4.78, 5) is 0. The van der Waals surface area contributed by atoms with E-state index in [4.69, 9.17) is 39.2 Å². The van der Waals surface area contributed by atoms with Crippen LogP contribution in [0.15, 0.2) is 0 Å². The van der Waals surface area contributed by atoms with Crippen LogP contribution < -0.4 is 0 Å². The molecule has 45 heavy (non-hydrogen) atoms. The van der Waals surface area contributed by atoms with Gasteiger partial charge in [0, 0.05) is 0 Å². The molecule has 0 aromatic rings. The summed E-state index contributed by atoms with van der Waals surface area (Å²) in [6, 6.07) is 0. The van der Waals surface area contributed by atoms with E-state index in [2.05, 4.69) is 69.2 Å². The Hall–Kier alpha value is 0.748. The van der Waals surface area contributed by atoms with Gasteiger partial charge in [-0.05, 0) is 0 Å². The molecule has 6 unspecified atom stereocenters. The Balaban J connectivity index is 7.67. The molecule has 0 amide bonds. The van der Waals surface area contributed by atoms with Crippen LogP contribution in [0.3, 0.4) is 0 Å². The van der Waals surface area contributed by atoms with Crippen LogP contribution in [0.2, 0.25) is 0 Å². The molecular weight excluding hydrogens is 648 g/mol. The van der Waals surface area contributed by atoms with E-state index in [9.17, 15) is 0 Å². The number of rotatable bonds is 28. The van der Waals surface area contributed by atoms with Gasteiger partial charge in [-0.2, -0.15) is 0 Å². The summed E-state index contributed by atoms with van der Waals surface area (Å²) in [6.45, 7) is 33.3. The molecule has 13 heteroatoms. The van der Waals surface area contributed by atoms with E-state index in [-0.39, 0.29) is 48.5 Å². The van der Waals surface area contributed by atoms with Gasteiger partial charge in [0.1, 0.15) is 0 Å². The third kappa shape index (κ3) is 18.4. The summed E-state index contributed by atoms with van der Waals surface area (Å²) in [6.07, 6.45) is 3.10. The Labute approximate surface area is 285 Å². The molecule has 0 spiro atoms. The van der Waals surface area contributed by atoms with Crippen molar-refractivity contribution in [2.24, 2.45) is 11.8 Å². The second-order valence-electron chi connectivity index (χ2n) is 13.1. The van der Waals surface area contributed by atoms with Gasteiger partial charge in [0.15, 0.2) is 0 Å². The van der Waals surface area contributed by atoms with Crippen molar-refractivity contribution in [1.29, 1.82) is 0 Å². The zero-order valence-corrected chi connectivity index (χ0v) is 35.4. The second-order valence-corrected chi connectivity index (χ2v) is 21.3. The Morgan fingerprint density at radius 3 is 0.733 bits per heavy atom. The van der Waals surface area contributed by atoms with E-state index >= 15 is 0 Å². The van der Waals surface area contributed by atoms with Gasteiger partial charge in [0.2, 0.25) is 0 Å². The maximum absolute atomic E-state index is 7.13. The molecule has 0 N–H and O–H groups in total. The minimum atomic E-state index is -5.03. The van der Waals surface area contributed by atoms with Crippen LogP contribution in [-0.2, 0) is 57.3 Å². The van der Waals surface area contributed by atoms with Crippen molar-refractivity contribution in [2.75, 3.05) is 13.2 Å². The monoisotopic (exact) mass is 720 g/mol. The fourth-order valence-corrected chi connectivity index (χ4v) is 16.6. The molecule has 0 aliphatic carbocycles. The fraction of sp³-hybridized carbons (Fsp3) is 1.00. The van der Waals surface area contributed by atoms with Crippen molar-refractivity contribution in [1.82, 2.24) is 0 Å². The molecule has 272 valence electrons. The number of hydrogen-bond donors (Lipinski definition) is 0. The zero-order chi connectivity index (χ0) is 34.8. The van der Waals surface area contributed by atoms with Gasteiger partial charge in [-0.25, -0.2) is 0 Å². The van der Waals surface area contributed by atoms with Gasteiger partial charge in [0.05, 0.1) is 0 Å². The zero-order valence-electron chi connectivity index (χ0n) is 31.9. The molecule has 0 rings (SSSR count). The van der Waals surface area contributed by atoms with Crippen LogP contribution in [-0.4, -0.2) is 67.9 Å². The van der Waals surface area contributed by atoms with Gasteiger partial charge in [-0.1, -0.05) is 0 Å². The standard InChI is InChI=1S/2C12H27O4Si.2C4H9O.Ti/c2*1-7-10(4)14-17(13,15-11(5)8-2)16-12(6)9-3;2*1-4(2)3-5;/h2*10-12H,7-9H2,1-6H3;2*4H,3H2,1-2H3;/q4*-1;+4. The maximum atomic E-state index is 7.13. The minimum absolute atomic E-state index is 0.153. The molecule has 0 aromatic carbocycles. The number of hydrogen-bond acceptors (Lipinski definition) is 10. The van der Waals surface area contributed by atoms with Crippen molar-refractivity contribution >= 4 is 18.1 Å². The van der Waals surface area contributed by atoms with Crippen LogP contribution in [0.4, 0.5) is 0 Å². The SMILES string of the molecule is CCC(C)O[Si](OC(C)CC)(OC(C)CC)[O][Ti]([O]CC(C)C)([O]CC(C)C)[O][Si](OC(C)CC)(OC(C)CC)OC(C)CC. The van der Waals surface area contributed by atoms with Gasteiger partial charge in [0.25, 0.3) is 0 Å². The fourth-order valence-electron chi connectivity index (χ4n) is 3.31. The Morgan fingerprint density at radius 1 is 0.378 bits per heavy atom. The Bertz CT molecular complexity index is 628. The quantitative estimate of drug-likeness (QED) is 0.0730. The van der Waals surface area contributed by atoms with Crippen LogP contribution in [0.5, 0.6) is 0 Å². The van der Waals surface area contributed by atoms with Gasteiger partial charge in [-0.15, -0.1) is 0 Å². The van der Waals surface area contributed by atoms with Crippen LogP contribution >= 0.6 is 0 Å². The first-order valence-corrected chi connectivity index (χ1v) is 23.5. The normalized spacial score (nSPS) is 19.6. The van der Waals surface area contributed by atoms with E-state index in [1.54, 1.807) is 0 Å². The van der Waals surface area contributed by atoms with Crippen molar-refractivity contribution < 1.29 is 57.3 Å². The van der Waals surface area contributed by atoms with E-state index in [0.29, 0.717) is 13.2 Å². The molecule has 0 radical (unpaired) electrons. The summed E-state index contributed by atoms with van der Waals surface area (Å²) in [5, 5.41) is 0. The van der Waals surface area contributed by atoms with Crippen molar-refractivity contribution in [3.05, 3.63) is 0 Å². The van der Waals surface area contributed by atoms with E-state index < -0.39 is 36.2 Å².